The minimum absolute atomic E-state index is 0.585. The number of hydrogen-bond donors (Lipinski definition) is 2. The Kier molecular flexibility index (Phi) is 3.68. The van der Waals surface area contributed by atoms with Crippen molar-refractivity contribution in [2.24, 2.45) is 5.84 Å². The molecule has 0 aromatic carbocycles. The maximum Gasteiger partial charge on any atom is 0.184 e. The summed E-state index contributed by atoms with van der Waals surface area (Å²) in [5.41, 5.74) is 3.98. The Bertz CT molecular complexity index is 624. The van der Waals surface area contributed by atoms with Gasteiger partial charge in [-0.2, -0.15) is 0 Å². The number of fused-ring (bicyclic) bond motifs is 1. The Hall–Kier alpha value is -1.51. The van der Waals surface area contributed by atoms with Crippen LogP contribution in [0.5, 0.6) is 0 Å². The summed E-state index contributed by atoms with van der Waals surface area (Å²) in [7, 11) is 2.12. The first kappa shape index (κ1) is 13.5. The number of nitrogens with zero attached hydrogens (tertiary/aromatic N) is 5. The molecule has 1 aliphatic heterocycles. The number of nitrogens with two attached hydrogens (primary N) is 1. The van der Waals surface area contributed by atoms with Crippen LogP contribution in [-0.2, 0) is 0 Å². The zero-order valence-electron chi connectivity index (χ0n) is 11.2. The number of halogens is 1. The molecule has 0 aliphatic carbocycles. The summed E-state index contributed by atoms with van der Waals surface area (Å²) in [6, 6.07) is 1.88. The van der Waals surface area contributed by atoms with E-state index in [9.17, 15) is 0 Å². The molecule has 1 aliphatic rings. The molecule has 20 heavy (non-hydrogen) atoms. The lowest BCUT2D eigenvalue weighted by atomic mass is 10.3. The lowest BCUT2D eigenvalue weighted by Crippen LogP contribution is -2.45. The van der Waals surface area contributed by atoms with Gasteiger partial charge < -0.3 is 15.2 Å². The molecule has 1 fully saturated rings. The molecule has 2 aromatic rings. The maximum atomic E-state index is 5.59. The second-order valence-electron chi connectivity index (χ2n) is 4.83. The van der Waals surface area contributed by atoms with E-state index in [0.29, 0.717) is 17.0 Å². The normalized spacial score (nSPS) is 16.6. The Morgan fingerprint density at radius 3 is 2.70 bits per heavy atom. The van der Waals surface area contributed by atoms with Gasteiger partial charge in [0.25, 0.3) is 0 Å². The van der Waals surface area contributed by atoms with Crippen LogP contribution in [0, 0.1) is 0 Å². The number of rotatable bonds is 2. The molecule has 3 N–H and O–H groups in total. The van der Waals surface area contributed by atoms with E-state index in [1.807, 2.05) is 6.07 Å². The SMILES string of the molecule is CN1CCN(c2nc3ncc(Br)cc3nc2NN)CC1. The van der Waals surface area contributed by atoms with Crippen molar-refractivity contribution in [3.63, 3.8) is 0 Å². The molecule has 0 spiro atoms. The van der Waals surface area contributed by atoms with Crippen molar-refractivity contribution < 1.29 is 0 Å². The zero-order valence-corrected chi connectivity index (χ0v) is 12.8. The molecule has 8 heteroatoms. The van der Waals surface area contributed by atoms with Crippen molar-refractivity contribution >= 4 is 38.7 Å². The van der Waals surface area contributed by atoms with Crippen molar-refractivity contribution in [3.8, 4) is 0 Å². The first-order chi connectivity index (χ1) is 9.67. The molecular formula is C12H16BrN7. The fourth-order valence-corrected chi connectivity index (χ4v) is 2.57. The van der Waals surface area contributed by atoms with Crippen molar-refractivity contribution in [2.75, 3.05) is 43.6 Å². The summed E-state index contributed by atoms with van der Waals surface area (Å²) in [4.78, 5) is 17.9. The standard InChI is InChI=1S/C12H16BrN7/c1-19-2-4-20(5-3-19)12-11(18-14)16-9-6-8(13)7-15-10(9)17-12/h6-7H,2-5,14H2,1H3,(H,16,18). The van der Waals surface area contributed by atoms with E-state index in [4.69, 9.17) is 5.84 Å². The molecule has 3 rings (SSSR count). The van der Waals surface area contributed by atoms with Gasteiger partial charge in [-0.1, -0.05) is 0 Å². The number of pyridine rings is 1. The van der Waals surface area contributed by atoms with Crippen LogP contribution >= 0.6 is 15.9 Å². The number of aromatic nitrogens is 3. The first-order valence-electron chi connectivity index (χ1n) is 6.41. The molecule has 0 atom stereocenters. The zero-order chi connectivity index (χ0) is 14.1. The third kappa shape index (κ3) is 2.54. The Labute approximate surface area is 125 Å². The lowest BCUT2D eigenvalue weighted by molar-refractivity contribution is 0.312. The van der Waals surface area contributed by atoms with Crippen LogP contribution in [0.1, 0.15) is 0 Å². The molecule has 0 saturated carbocycles. The fourth-order valence-electron chi connectivity index (χ4n) is 2.25. The molecule has 0 amide bonds. The predicted octanol–water partition coefficient (Wildman–Crippen LogP) is 0.825. The van der Waals surface area contributed by atoms with Crippen LogP contribution in [0.4, 0.5) is 11.6 Å². The molecule has 0 unspecified atom stereocenters. The predicted molar refractivity (Wildman–Crippen MR) is 82.6 cm³/mol. The van der Waals surface area contributed by atoms with Crippen molar-refractivity contribution in [1.82, 2.24) is 19.9 Å². The van der Waals surface area contributed by atoms with Gasteiger partial charge in [0.05, 0.1) is 0 Å². The van der Waals surface area contributed by atoms with Gasteiger partial charge >= 0.3 is 0 Å². The molecular weight excluding hydrogens is 322 g/mol. The summed E-state index contributed by atoms with van der Waals surface area (Å²) in [6.45, 7) is 3.80. The summed E-state index contributed by atoms with van der Waals surface area (Å²) in [6.07, 6.45) is 1.72. The second-order valence-corrected chi connectivity index (χ2v) is 5.74. The van der Waals surface area contributed by atoms with Gasteiger partial charge in [0.1, 0.15) is 5.52 Å². The van der Waals surface area contributed by atoms with Gasteiger partial charge in [-0.25, -0.2) is 20.8 Å². The number of likely N-dealkylation sites (N-methyl/N-ethyl adjacent to an activating group) is 1. The topological polar surface area (TPSA) is 83.2 Å². The van der Waals surface area contributed by atoms with Crippen molar-refractivity contribution in [1.29, 1.82) is 0 Å². The van der Waals surface area contributed by atoms with Crippen molar-refractivity contribution in [2.45, 2.75) is 0 Å². The van der Waals surface area contributed by atoms with Crippen LogP contribution in [0.2, 0.25) is 0 Å². The Balaban J connectivity index is 2.03. The third-order valence-corrected chi connectivity index (χ3v) is 3.84. The molecule has 7 nitrogen and oxygen atoms in total. The van der Waals surface area contributed by atoms with E-state index in [2.05, 4.69) is 53.2 Å². The van der Waals surface area contributed by atoms with Crippen LogP contribution in [0.25, 0.3) is 11.2 Å². The Morgan fingerprint density at radius 1 is 1.25 bits per heavy atom. The minimum atomic E-state index is 0.585. The molecule has 0 bridgehead atoms. The summed E-state index contributed by atoms with van der Waals surface area (Å²) in [5.74, 6) is 6.94. The quantitative estimate of drug-likeness (QED) is 0.620. The minimum Gasteiger partial charge on any atom is -0.351 e. The largest absolute Gasteiger partial charge is 0.351 e. The monoisotopic (exact) mass is 337 g/mol. The van der Waals surface area contributed by atoms with Crippen LogP contribution in [-0.4, -0.2) is 53.1 Å². The van der Waals surface area contributed by atoms with E-state index in [-0.39, 0.29) is 0 Å². The van der Waals surface area contributed by atoms with Crippen LogP contribution in [0.3, 0.4) is 0 Å². The van der Waals surface area contributed by atoms with Crippen molar-refractivity contribution in [3.05, 3.63) is 16.7 Å². The van der Waals surface area contributed by atoms with E-state index < -0.39 is 0 Å². The smallest absolute Gasteiger partial charge is 0.184 e. The molecule has 3 heterocycles. The summed E-state index contributed by atoms with van der Waals surface area (Å²) < 4.78 is 0.870. The van der Waals surface area contributed by atoms with Gasteiger partial charge in [-0.05, 0) is 29.0 Å². The number of nitrogen functional groups attached to an aromatic ring is 1. The highest BCUT2D eigenvalue weighted by molar-refractivity contribution is 9.10. The fraction of sp³-hybridized carbons (Fsp3) is 0.417. The lowest BCUT2D eigenvalue weighted by Gasteiger charge is -2.33. The van der Waals surface area contributed by atoms with E-state index >= 15 is 0 Å². The van der Waals surface area contributed by atoms with Gasteiger partial charge in [0, 0.05) is 36.8 Å². The molecule has 0 radical (unpaired) electrons. The third-order valence-electron chi connectivity index (χ3n) is 3.41. The number of anilines is 2. The number of piperazine rings is 1. The second kappa shape index (κ2) is 5.47. The molecule has 106 valence electrons. The Morgan fingerprint density at radius 2 is 2.00 bits per heavy atom. The van der Waals surface area contributed by atoms with Crippen LogP contribution < -0.4 is 16.2 Å². The van der Waals surface area contributed by atoms with Gasteiger partial charge in [0.15, 0.2) is 17.3 Å². The highest BCUT2D eigenvalue weighted by atomic mass is 79.9. The molecule has 1 saturated heterocycles. The average molecular weight is 338 g/mol. The highest BCUT2D eigenvalue weighted by Crippen LogP contribution is 2.25. The van der Waals surface area contributed by atoms with E-state index in [1.54, 1.807) is 6.20 Å². The highest BCUT2D eigenvalue weighted by Gasteiger charge is 2.20. The molecule has 2 aromatic heterocycles. The number of hydrazine groups is 1. The van der Waals surface area contributed by atoms with Crippen LogP contribution in [0.15, 0.2) is 16.7 Å². The van der Waals surface area contributed by atoms with E-state index in [1.165, 1.54) is 0 Å². The first-order valence-corrected chi connectivity index (χ1v) is 7.20. The summed E-state index contributed by atoms with van der Waals surface area (Å²) >= 11 is 3.38. The number of nitrogens with one attached hydrogen (secondary N) is 1. The van der Waals surface area contributed by atoms with Gasteiger partial charge in [0.2, 0.25) is 0 Å². The number of hydrogen-bond acceptors (Lipinski definition) is 7. The summed E-state index contributed by atoms with van der Waals surface area (Å²) in [5, 5.41) is 0. The van der Waals surface area contributed by atoms with Gasteiger partial charge in [-0.3, -0.25) is 0 Å². The average Bonchev–Trinajstić information content (AvgIpc) is 2.46. The van der Waals surface area contributed by atoms with Gasteiger partial charge in [-0.15, -0.1) is 0 Å². The van der Waals surface area contributed by atoms with E-state index in [0.717, 1.165) is 36.5 Å². The maximum absolute atomic E-state index is 5.59.